The topological polar surface area (TPSA) is 0 Å². The SMILES string of the molecule is CCCCCCCC1C=CC(c2ccc(F)c(F)c2)=CC1. The van der Waals surface area contributed by atoms with Gasteiger partial charge in [-0.25, -0.2) is 8.78 Å². The van der Waals surface area contributed by atoms with Crippen LogP contribution in [0.2, 0.25) is 0 Å². The smallest absolute Gasteiger partial charge is 0.159 e. The summed E-state index contributed by atoms with van der Waals surface area (Å²) in [5.74, 6) is -0.968. The van der Waals surface area contributed by atoms with Gasteiger partial charge >= 0.3 is 0 Å². The van der Waals surface area contributed by atoms with Gasteiger partial charge in [0.05, 0.1) is 0 Å². The minimum absolute atomic E-state index is 0.598. The first kappa shape index (κ1) is 15.9. The van der Waals surface area contributed by atoms with Crippen molar-refractivity contribution in [3.8, 4) is 0 Å². The van der Waals surface area contributed by atoms with E-state index in [1.54, 1.807) is 6.07 Å². The van der Waals surface area contributed by atoms with Crippen LogP contribution < -0.4 is 0 Å². The molecule has 0 saturated carbocycles. The maximum Gasteiger partial charge on any atom is 0.159 e. The lowest BCUT2D eigenvalue weighted by Gasteiger charge is -2.16. The predicted molar refractivity (Wildman–Crippen MR) is 85.0 cm³/mol. The third-order valence-corrected chi connectivity index (χ3v) is 4.12. The van der Waals surface area contributed by atoms with E-state index >= 15 is 0 Å². The third-order valence-electron chi connectivity index (χ3n) is 4.12. The van der Waals surface area contributed by atoms with E-state index in [1.807, 2.05) is 6.08 Å². The molecule has 1 aromatic carbocycles. The number of hydrogen-bond acceptors (Lipinski definition) is 0. The summed E-state index contributed by atoms with van der Waals surface area (Å²) in [6, 6.07) is 4.11. The van der Waals surface area contributed by atoms with Crippen molar-refractivity contribution in [2.75, 3.05) is 0 Å². The summed E-state index contributed by atoms with van der Waals surface area (Å²) in [4.78, 5) is 0. The summed E-state index contributed by atoms with van der Waals surface area (Å²) in [5, 5.41) is 0. The van der Waals surface area contributed by atoms with E-state index in [0.29, 0.717) is 5.92 Å². The number of unbranched alkanes of at least 4 members (excludes halogenated alkanes) is 4. The summed E-state index contributed by atoms with van der Waals surface area (Å²) < 4.78 is 26.2. The van der Waals surface area contributed by atoms with Crippen LogP contribution in [-0.2, 0) is 0 Å². The average Bonchev–Trinajstić information content (AvgIpc) is 2.50. The molecule has 0 radical (unpaired) electrons. The molecular formula is C19H24F2. The first-order chi connectivity index (χ1) is 10.2. The molecule has 1 aliphatic carbocycles. The second-order valence-electron chi connectivity index (χ2n) is 5.85. The maximum atomic E-state index is 13.3. The highest BCUT2D eigenvalue weighted by Gasteiger charge is 2.11. The van der Waals surface area contributed by atoms with Crippen molar-refractivity contribution in [1.82, 2.24) is 0 Å². The number of allylic oxidation sites excluding steroid dienone is 4. The van der Waals surface area contributed by atoms with Crippen LogP contribution in [0.3, 0.4) is 0 Å². The Morgan fingerprint density at radius 3 is 2.52 bits per heavy atom. The maximum absolute atomic E-state index is 13.3. The molecule has 0 amide bonds. The van der Waals surface area contributed by atoms with Crippen molar-refractivity contribution >= 4 is 5.57 Å². The summed E-state index contributed by atoms with van der Waals surface area (Å²) in [5.41, 5.74) is 1.75. The molecule has 0 N–H and O–H groups in total. The van der Waals surface area contributed by atoms with Crippen LogP contribution in [0.15, 0.2) is 36.4 Å². The molecule has 114 valence electrons. The zero-order chi connectivity index (χ0) is 15.1. The Labute approximate surface area is 126 Å². The second-order valence-corrected chi connectivity index (χ2v) is 5.85. The van der Waals surface area contributed by atoms with Crippen molar-refractivity contribution in [3.05, 3.63) is 53.6 Å². The minimum atomic E-state index is -0.788. The van der Waals surface area contributed by atoms with Gasteiger partial charge in [0.25, 0.3) is 0 Å². The van der Waals surface area contributed by atoms with Crippen LogP contribution >= 0.6 is 0 Å². The fourth-order valence-electron chi connectivity index (χ4n) is 2.78. The number of rotatable bonds is 7. The molecule has 0 nitrogen and oxygen atoms in total. The zero-order valence-electron chi connectivity index (χ0n) is 12.7. The molecule has 0 aliphatic heterocycles. The van der Waals surface area contributed by atoms with E-state index in [1.165, 1.54) is 50.7 Å². The van der Waals surface area contributed by atoms with Crippen LogP contribution in [0.1, 0.15) is 57.4 Å². The molecule has 0 aromatic heterocycles. The summed E-state index contributed by atoms with van der Waals surface area (Å²) in [6.07, 6.45) is 15.2. The summed E-state index contributed by atoms with van der Waals surface area (Å²) >= 11 is 0. The second kappa shape index (κ2) is 8.11. The van der Waals surface area contributed by atoms with Gasteiger partial charge < -0.3 is 0 Å². The van der Waals surface area contributed by atoms with Gasteiger partial charge in [-0.1, -0.05) is 63.3 Å². The Hall–Kier alpha value is -1.44. The van der Waals surface area contributed by atoms with Gasteiger partial charge in [0.15, 0.2) is 11.6 Å². The van der Waals surface area contributed by atoms with Crippen LogP contribution in [-0.4, -0.2) is 0 Å². The molecule has 1 atom stereocenters. The van der Waals surface area contributed by atoms with Crippen LogP contribution in [0.25, 0.3) is 5.57 Å². The molecule has 1 aromatic rings. The normalized spacial score (nSPS) is 17.9. The van der Waals surface area contributed by atoms with Crippen molar-refractivity contribution in [3.63, 3.8) is 0 Å². The molecule has 2 rings (SSSR count). The molecule has 0 bridgehead atoms. The summed E-state index contributed by atoms with van der Waals surface area (Å²) in [6.45, 7) is 2.23. The third kappa shape index (κ3) is 4.80. The number of hydrogen-bond donors (Lipinski definition) is 0. The molecule has 21 heavy (non-hydrogen) atoms. The van der Waals surface area contributed by atoms with E-state index < -0.39 is 11.6 Å². The van der Waals surface area contributed by atoms with Crippen molar-refractivity contribution in [2.24, 2.45) is 5.92 Å². The van der Waals surface area contributed by atoms with Crippen LogP contribution in [0.4, 0.5) is 8.78 Å². The highest BCUT2D eigenvalue weighted by Crippen LogP contribution is 2.28. The van der Waals surface area contributed by atoms with Crippen molar-refractivity contribution in [1.29, 1.82) is 0 Å². The average molecular weight is 290 g/mol. The van der Waals surface area contributed by atoms with Crippen LogP contribution in [0.5, 0.6) is 0 Å². The molecule has 2 heteroatoms. The Balaban J connectivity index is 1.82. The Morgan fingerprint density at radius 1 is 1.05 bits per heavy atom. The lowest BCUT2D eigenvalue weighted by atomic mass is 9.89. The van der Waals surface area contributed by atoms with E-state index in [-0.39, 0.29) is 0 Å². The molecule has 1 unspecified atom stereocenters. The zero-order valence-corrected chi connectivity index (χ0v) is 12.7. The van der Waals surface area contributed by atoms with E-state index in [4.69, 9.17) is 0 Å². The Bertz CT molecular complexity index is 514. The predicted octanol–water partition coefficient (Wildman–Crippen LogP) is 6.28. The number of benzene rings is 1. The van der Waals surface area contributed by atoms with Crippen molar-refractivity contribution in [2.45, 2.75) is 51.9 Å². The van der Waals surface area contributed by atoms with E-state index in [9.17, 15) is 8.78 Å². The largest absolute Gasteiger partial charge is 0.204 e. The Kier molecular flexibility index (Phi) is 6.16. The quantitative estimate of drug-likeness (QED) is 0.518. The van der Waals surface area contributed by atoms with Gasteiger partial charge in [0.2, 0.25) is 0 Å². The van der Waals surface area contributed by atoms with Gasteiger partial charge in [-0.3, -0.25) is 0 Å². The van der Waals surface area contributed by atoms with Gasteiger partial charge in [-0.15, -0.1) is 0 Å². The van der Waals surface area contributed by atoms with E-state index in [2.05, 4.69) is 19.1 Å². The minimum Gasteiger partial charge on any atom is -0.204 e. The first-order valence-electron chi connectivity index (χ1n) is 8.04. The van der Waals surface area contributed by atoms with Gasteiger partial charge in [-0.05, 0) is 42.0 Å². The first-order valence-corrected chi connectivity index (χ1v) is 8.04. The molecule has 0 heterocycles. The van der Waals surface area contributed by atoms with E-state index in [0.717, 1.165) is 17.6 Å². The fourth-order valence-corrected chi connectivity index (χ4v) is 2.78. The van der Waals surface area contributed by atoms with Gasteiger partial charge in [-0.2, -0.15) is 0 Å². The highest BCUT2D eigenvalue weighted by molar-refractivity contribution is 5.74. The highest BCUT2D eigenvalue weighted by atomic mass is 19.2. The monoisotopic (exact) mass is 290 g/mol. The lowest BCUT2D eigenvalue weighted by Crippen LogP contribution is -2.00. The van der Waals surface area contributed by atoms with Crippen molar-refractivity contribution < 1.29 is 8.78 Å². The van der Waals surface area contributed by atoms with Gasteiger partial charge in [0.1, 0.15) is 0 Å². The fraction of sp³-hybridized carbons (Fsp3) is 0.474. The summed E-state index contributed by atoms with van der Waals surface area (Å²) in [7, 11) is 0. The van der Waals surface area contributed by atoms with Gasteiger partial charge in [0, 0.05) is 0 Å². The van der Waals surface area contributed by atoms with Crippen LogP contribution in [0, 0.1) is 17.6 Å². The molecular weight excluding hydrogens is 266 g/mol. The molecule has 0 spiro atoms. The lowest BCUT2D eigenvalue weighted by molar-refractivity contribution is 0.508. The molecule has 1 aliphatic rings. The molecule has 0 fully saturated rings. The standard InChI is InChI=1S/C19H24F2/c1-2-3-4-5-6-7-15-8-10-16(11-9-15)17-12-13-18(20)19(21)14-17/h8,10-15H,2-7,9H2,1H3. The molecule has 0 saturated heterocycles. The number of halogens is 2. The Morgan fingerprint density at radius 2 is 1.86 bits per heavy atom.